The Morgan fingerprint density at radius 3 is 2.68 bits per heavy atom. The Morgan fingerprint density at radius 2 is 1.91 bits per heavy atom. The van der Waals surface area contributed by atoms with Crippen molar-refractivity contribution in [2.45, 2.75) is 12.8 Å². The van der Waals surface area contributed by atoms with Crippen LogP contribution in [0.3, 0.4) is 0 Å². The molecule has 2 rings (SSSR count). The van der Waals surface area contributed by atoms with Gasteiger partial charge in [-0.1, -0.05) is 12.1 Å². The molecule has 1 heterocycles. The summed E-state index contributed by atoms with van der Waals surface area (Å²) in [7, 11) is 1.69. The van der Waals surface area contributed by atoms with Crippen molar-refractivity contribution in [3.05, 3.63) is 47.9 Å². The fourth-order valence-electron chi connectivity index (χ4n) is 1.95. The SMILES string of the molecule is COCCCNc1ccnc(NCCc2ccc(F)cc2)n1. The van der Waals surface area contributed by atoms with E-state index in [2.05, 4.69) is 20.6 Å². The van der Waals surface area contributed by atoms with Gasteiger partial charge in [-0.3, -0.25) is 0 Å². The van der Waals surface area contributed by atoms with Crippen LogP contribution < -0.4 is 10.6 Å². The van der Waals surface area contributed by atoms with Crippen molar-refractivity contribution in [3.63, 3.8) is 0 Å². The monoisotopic (exact) mass is 304 g/mol. The molecule has 1 aromatic carbocycles. The molecule has 0 aliphatic carbocycles. The van der Waals surface area contributed by atoms with Gasteiger partial charge in [0, 0.05) is 33.0 Å². The number of hydrogen-bond donors (Lipinski definition) is 2. The number of rotatable bonds is 9. The molecule has 6 heteroatoms. The van der Waals surface area contributed by atoms with E-state index < -0.39 is 0 Å². The first-order valence-electron chi connectivity index (χ1n) is 7.32. The molecule has 0 saturated heterocycles. The highest BCUT2D eigenvalue weighted by Gasteiger charge is 1.99. The average molecular weight is 304 g/mol. The predicted molar refractivity (Wildman–Crippen MR) is 85.6 cm³/mol. The van der Waals surface area contributed by atoms with Crippen LogP contribution in [0.2, 0.25) is 0 Å². The molecule has 0 bridgehead atoms. The van der Waals surface area contributed by atoms with Crippen molar-refractivity contribution >= 4 is 11.8 Å². The smallest absolute Gasteiger partial charge is 0.224 e. The van der Waals surface area contributed by atoms with Crippen LogP contribution >= 0.6 is 0 Å². The standard InChI is InChI=1S/C16H21FN4O/c1-22-12-2-9-18-15-8-11-20-16(21-15)19-10-7-13-3-5-14(17)6-4-13/h3-6,8,11H,2,7,9-10,12H2,1H3,(H2,18,19,20,21). The second-order valence-corrected chi connectivity index (χ2v) is 4.84. The molecule has 0 aliphatic rings. The first-order chi connectivity index (χ1) is 10.8. The number of aromatic nitrogens is 2. The minimum Gasteiger partial charge on any atom is -0.385 e. The summed E-state index contributed by atoms with van der Waals surface area (Å²) in [6.07, 6.45) is 3.43. The minimum atomic E-state index is -0.215. The number of halogens is 1. The second-order valence-electron chi connectivity index (χ2n) is 4.84. The van der Waals surface area contributed by atoms with Crippen molar-refractivity contribution in [1.82, 2.24) is 9.97 Å². The van der Waals surface area contributed by atoms with Gasteiger partial charge in [-0.15, -0.1) is 0 Å². The third-order valence-corrected chi connectivity index (χ3v) is 3.10. The van der Waals surface area contributed by atoms with Gasteiger partial charge in [0.25, 0.3) is 0 Å². The van der Waals surface area contributed by atoms with Crippen molar-refractivity contribution in [1.29, 1.82) is 0 Å². The topological polar surface area (TPSA) is 59.1 Å². The molecule has 5 nitrogen and oxygen atoms in total. The molecular weight excluding hydrogens is 283 g/mol. The van der Waals surface area contributed by atoms with Gasteiger partial charge in [0.05, 0.1) is 0 Å². The molecule has 118 valence electrons. The molecule has 22 heavy (non-hydrogen) atoms. The average Bonchev–Trinajstić information content (AvgIpc) is 2.54. The summed E-state index contributed by atoms with van der Waals surface area (Å²) in [5, 5.41) is 6.39. The second kappa shape index (κ2) is 8.94. The van der Waals surface area contributed by atoms with Crippen LogP contribution in [0.4, 0.5) is 16.2 Å². The van der Waals surface area contributed by atoms with Crippen LogP contribution in [-0.2, 0) is 11.2 Å². The van der Waals surface area contributed by atoms with Crippen LogP contribution in [0.15, 0.2) is 36.5 Å². The zero-order valence-electron chi connectivity index (χ0n) is 12.7. The zero-order chi connectivity index (χ0) is 15.6. The third kappa shape index (κ3) is 5.65. The Morgan fingerprint density at radius 1 is 1.09 bits per heavy atom. The van der Waals surface area contributed by atoms with Crippen molar-refractivity contribution in [2.75, 3.05) is 37.4 Å². The Kier molecular flexibility index (Phi) is 6.57. The fourth-order valence-corrected chi connectivity index (χ4v) is 1.95. The molecule has 0 spiro atoms. The van der Waals surface area contributed by atoms with Crippen molar-refractivity contribution in [2.24, 2.45) is 0 Å². The highest BCUT2D eigenvalue weighted by atomic mass is 19.1. The van der Waals surface area contributed by atoms with Gasteiger partial charge in [-0.25, -0.2) is 9.37 Å². The van der Waals surface area contributed by atoms with E-state index in [4.69, 9.17) is 4.74 Å². The van der Waals surface area contributed by atoms with E-state index in [-0.39, 0.29) is 5.82 Å². The maximum absolute atomic E-state index is 12.8. The number of anilines is 2. The molecule has 0 unspecified atom stereocenters. The van der Waals surface area contributed by atoms with Crippen LogP contribution in [-0.4, -0.2) is 36.8 Å². The maximum atomic E-state index is 12.8. The summed E-state index contributed by atoms with van der Waals surface area (Å²) >= 11 is 0. The first kappa shape index (κ1) is 16.2. The Balaban J connectivity index is 1.76. The zero-order valence-corrected chi connectivity index (χ0v) is 12.7. The third-order valence-electron chi connectivity index (χ3n) is 3.10. The van der Waals surface area contributed by atoms with Gasteiger partial charge >= 0.3 is 0 Å². The van der Waals surface area contributed by atoms with Crippen molar-refractivity contribution in [3.8, 4) is 0 Å². The van der Waals surface area contributed by atoms with E-state index in [0.29, 0.717) is 12.5 Å². The molecule has 2 aromatic rings. The van der Waals surface area contributed by atoms with Gasteiger partial charge in [0.1, 0.15) is 11.6 Å². The fraction of sp³-hybridized carbons (Fsp3) is 0.375. The van der Waals surface area contributed by atoms with Gasteiger partial charge in [-0.05, 0) is 36.6 Å². The van der Waals surface area contributed by atoms with Gasteiger partial charge in [0.15, 0.2) is 0 Å². The summed E-state index contributed by atoms with van der Waals surface area (Å²) in [5.74, 6) is 1.15. The molecule has 1 aromatic heterocycles. The van der Waals surface area contributed by atoms with E-state index in [1.54, 1.807) is 25.4 Å². The molecule has 0 atom stereocenters. The summed E-state index contributed by atoms with van der Waals surface area (Å²) in [4.78, 5) is 8.56. The highest BCUT2D eigenvalue weighted by molar-refractivity contribution is 5.39. The molecule has 0 amide bonds. The lowest BCUT2D eigenvalue weighted by Crippen LogP contribution is -2.10. The summed E-state index contributed by atoms with van der Waals surface area (Å²) in [5.41, 5.74) is 1.07. The molecule has 2 N–H and O–H groups in total. The number of nitrogens with zero attached hydrogens (tertiary/aromatic N) is 2. The lowest BCUT2D eigenvalue weighted by atomic mass is 10.1. The number of hydrogen-bond acceptors (Lipinski definition) is 5. The Labute approximate surface area is 129 Å². The maximum Gasteiger partial charge on any atom is 0.224 e. The Bertz CT molecular complexity index is 562. The first-order valence-corrected chi connectivity index (χ1v) is 7.32. The minimum absolute atomic E-state index is 0.215. The largest absolute Gasteiger partial charge is 0.385 e. The lowest BCUT2D eigenvalue weighted by molar-refractivity contribution is 0.198. The van der Waals surface area contributed by atoms with Crippen LogP contribution in [0, 0.1) is 5.82 Å². The molecule has 0 fully saturated rings. The summed E-state index contributed by atoms with van der Waals surface area (Å²) in [6.45, 7) is 2.22. The number of methoxy groups -OCH3 is 1. The molecule has 0 radical (unpaired) electrons. The lowest BCUT2D eigenvalue weighted by Gasteiger charge is -2.08. The van der Waals surface area contributed by atoms with E-state index >= 15 is 0 Å². The van der Waals surface area contributed by atoms with Gasteiger partial charge in [-0.2, -0.15) is 4.98 Å². The van der Waals surface area contributed by atoms with Gasteiger partial charge < -0.3 is 15.4 Å². The number of ether oxygens (including phenoxy) is 1. The summed E-state index contributed by atoms with van der Waals surface area (Å²) < 4.78 is 17.8. The van der Waals surface area contributed by atoms with E-state index in [1.165, 1.54) is 12.1 Å². The van der Waals surface area contributed by atoms with Crippen LogP contribution in [0.25, 0.3) is 0 Å². The quantitative estimate of drug-likeness (QED) is 0.698. The van der Waals surface area contributed by atoms with E-state index in [9.17, 15) is 4.39 Å². The molecule has 0 saturated carbocycles. The normalized spacial score (nSPS) is 10.5. The number of nitrogens with one attached hydrogen (secondary N) is 2. The molecular formula is C16H21FN4O. The van der Waals surface area contributed by atoms with E-state index in [1.807, 2.05) is 6.07 Å². The van der Waals surface area contributed by atoms with Gasteiger partial charge in [0.2, 0.25) is 5.95 Å². The van der Waals surface area contributed by atoms with Crippen LogP contribution in [0.5, 0.6) is 0 Å². The van der Waals surface area contributed by atoms with Crippen molar-refractivity contribution < 1.29 is 9.13 Å². The van der Waals surface area contributed by atoms with Crippen LogP contribution in [0.1, 0.15) is 12.0 Å². The molecule has 0 aliphatic heterocycles. The highest BCUT2D eigenvalue weighted by Crippen LogP contribution is 2.07. The summed E-state index contributed by atoms with van der Waals surface area (Å²) in [6, 6.07) is 8.34. The van der Waals surface area contributed by atoms with E-state index in [0.717, 1.165) is 37.4 Å². The Hall–Kier alpha value is -2.21. The number of benzene rings is 1. The predicted octanol–water partition coefficient (Wildman–Crippen LogP) is 2.72.